The first-order valence-corrected chi connectivity index (χ1v) is 7.01. The molecule has 2 nitrogen and oxygen atoms in total. The number of hydrogen-bond acceptors (Lipinski definition) is 1. The SMILES string of the molecule is C=CNC(=O)c1ccccc1C1C=Cc2c(C)cccc21. The average molecular weight is 275 g/mol. The fourth-order valence-electron chi connectivity index (χ4n) is 2.91. The van der Waals surface area contributed by atoms with E-state index in [0.717, 1.165) is 5.56 Å². The Bertz CT molecular complexity index is 743. The molecule has 2 aromatic rings. The number of amides is 1. The van der Waals surface area contributed by atoms with Crippen LogP contribution < -0.4 is 5.32 Å². The molecule has 0 aliphatic heterocycles. The molecule has 3 rings (SSSR count). The minimum absolute atomic E-state index is 0.116. The number of benzene rings is 2. The first kappa shape index (κ1) is 13.4. The van der Waals surface area contributed by atoms with E-state index in [4.69, 9.17) is 0 Å². The molecule has 0 radical (unpaired) electrons. The summed E-state index contributed by atoms with van der Waals surface area (Å²) in [5.74, 6) is 0.0155. The van der Waals surface area contributed by atoms with E-state index < -0.39 is 0 Å². The number of nitrogens with one attached hydrogen (secondary N) is 1. The van der Waals surface area contributed by atoms with Crippen LogP contribution in [0.4, 0.5) is 0 Å². The predicted octanol–water partition coefficient (Wildman–Crippen LogP) is 4.03. The second-order valence-electron chi connectivity index (χ2n) is 5.18. The Balaban J connectivity index is 2.09. The molecule has 0 saturated carbocycles. The number of carbonyl (C=O) groups is 1. The molecule has 0 bridgehead atoms. The van der Waals surface area contributed by atoms with Gasteiger partial charge in [-0.15, -0.1) is 0 Å². The molecule has 2 aromatic carbocycles. The van der Waals surface area contributed by atoms with Crippen LogP contribution in [-0.4, -0.2) is 5.91 Å². The van der Waals surface area contributed by atoms with Crippen LogP contribution in [-0.2, 0) is 0 Å². The van der Waals surface area contributed by atoms with Crippen LogP contribution in [0.1, 0.15) is 38.5 Å². The zero-order chi connectivity index (χ0) is 14.8. The first-order valence-electron chi connectivity index (χ1n) is 7.01. The van der Waals surface area contributed by atoms with Crippen molar-refractivity contribution in [3.63, 3.8) is 0 Å². The van der Waals surface area contributed by atoms with Gasteiger partial charge in [0.05, 0.1) is 0 Å². The lowest BCUT2D eigenvalue weighted by Crippen LogP contribution is -2.19. The van der Waals surface area contributed by atoms with Crippen molar-refractivity contribution < 1.29 is 4.79 Å². The van der Waals surface area contributed by atoms with Crippen molar-refractivity contribution in [2.45, 2.75) is 12.8 Å². The second-order valence-corrected chi connectivity index (χ2v) is 5.18. The monoisotopic (exact) mass is 275 g/mol. The molecule has 0 aromatic heterocycles. The number of allylic oxidation sites excluding steroid dienone is 1. The summed E-state index contributed by atoms with van der Waals surface area (Å²) >= 11 is 0. The summed E-state index contributed by atoms with van der Waals surface area (Å²) in [7, 11) is 0. The van der Waals surface area contributed by atoms with Crippen LogP contribution >= 0.6 is 0 Å². The van der Waals surface area contributed by atoms with E-state index in [1.807, 2.05) is 24.3 Å². The van der Waals surface area contributed by atoms with Crippen molar-refractivity contribution >= 4 is 12.0 Å². The van der Waals surface area contributed by atoms with Gasteiger partial charge in [-0.25, -0.2) is 0 Å². The molecular weight excluding hydrogens is 258 g/mol. The Labute approximate surface area is 124 Å². The van der Waals surface area contributed by atoms with E-state index in [1.54, 1.807) is 0 Å². The third-order valence-corrected chi connectivity index (χ3v) is 3.92. The second kappa shape index (κ2) is 5.41. The molecule has 0 heterocycles. The van der Waals surface area contributed by atoms with Gasteiger partial charge in [0, 0.05) is 11.5 Å². The highest BCUT2D eigenvalue weighted by molar-refractivity contribution is 5.97. The summed E-state index contributed by atoms with van der Waals surface area (Å²) in [6.07, 6.45) is 5.73. The van der Waals surface area contributed by atoms with Gasteiger partial charge >= 0.3 is 0 Å². The van der Waals surface area contributed by atoms with Gasteiger partial charge < -0.3 is 5.32 Å². The third-order valence-electron chi connectivity index (χ3n) is 3.92. The fraction of sp³-hybridized carbons (Fsp3) is 0.105. The smallest absolute Gasteiger partial charge is 0.255 e. The van der Waals surface area contributed by atoms with Crippen molar-refractivity contribution in [2.75, 3.05) is 0 Å². The number of hydrogen-bond donors (Lipinski definition) is 1. The third kappa shape index (κ3) is 2.29. The lowest BCUT2D eigenvalue weighted by Gasteiger charge is -2.16. The minimum Gasteiger partial charge on any atom is -0.329 e. The molecule has 0 spiro atoms. The van der Waals surface area contributed by atoms with Gasteiger partial charge in [0.15, 0.2) is 0 Å². The van der Waals surface area contributed by atoms with E-state index in [-0.39, 0.29) is 11.8 Å². The standard InChI is InChI=1S/C19H17NO/c1-3-20-19(21)18-9-5-4-8-16(18)17-12-11-14-13(2)7-6-10-15(14)17/h3-12,17H,1H2,2H3,(H,20,21). The van der Waals surface area contributed by atoms with Crippen molar-refractivity contribution in [3.05, 3.63) is 89.1 Å². The molecule has 1 N–H and O–H groups in total. The number of carbonyl (C=O) groups excluding carboxylic acids is 1. The topological polar surface area (TPSA) is 29.1 Å². The van der Waals surface area contributed by atoms with Crippen molar-refractivity contribution in [3.8, 4) is 0 Å². The van der Waals surface area contributed by atoms with Crippen molar-refractivity contribution in [1.29, 1.82) is 0 Å². The van der Waals surface area contributed by atoms with Crippen LogP contribution in [0.25, 0.3) is 6.08 Å². The Hall–Kier alpha value is -2.61. The minimum atomic E-state index is -0.116. The Morgan fingerprint density at radius 3 is 2.71 bits per heavy atom. The molecule has 1 unspecified atom stereocenters. The van der Waals surface area contributed by atoms with Gasteiger partial charge in [-0.1, -0.05) is 55.1 Å². The highest BCUT2D eigenvalue weighted by Gasteiger charge is 2.23. The summed E-state index contributed by atoms with van der Waals surface area (Å²) in [5, 5.41) is 2.66. The molecule has 0 fully saturated rings. The number of fused-ring (bicyclic) bond motifs is 1. The molecule has 1 amide bonds. The maximum Gasteiger partial charge on any atom is 0.255 e. The largest absolute Gasteiger partial charge is 0.329 e. The lowest BCUT2D eigenvalue weighted by atomic mass is 9.88. The van der Waals surface area contributed by atoms with E-state index in [1.165, 1.54) is 22.9 Å². The van der Waals surface area contributed by atoms with E-state index in [2.05, 4.69) is 49.2 Å². The van der Waals surface area contributed by atoms with Crippen LogP contribution in [0.5, 0.6) is 0 Å². The quantitative estimate of drug-likeness (QED) is 0.900. The average Bonchev–Trinajstić information content (AvgIpc) is 2.93. The van der Waals surface area contributed by atoms with Gasteiger partial charge in [-0.2, -0.15) is 0 Å². The zero-order valence-corrected chi connectivity index (χ0v) is 12.0. The maximum atomic E-state index is 12.2. The molecule has 1 aliphatic carbocycles. The normalized spacial score (nSPS) is 15.6. The van der Waals surface area contributed by atoms with Crippen LogP contribution in [0.3, 0.4) is 0 Å². The van der Waals surface area contributed by atoms with Crippen LogP contribution in [0.15, 0.2) is 61.3 Å². The number of rotatable bonds is 3. The lowest BCUT2D eigenvalue weighted by molar-refractivity contribution is 0.0969. The van der Waals surface area contributed by atoms with Gasteiger partial charge in [0.1, 0.15) is 0 Å². The molecule has 104 valence electrons. The Morgan fingerprint density at radius 1 is 1.14 bits per heavy atom. The van der Waals surface area contributed by atoms with Crippen LogP contribution in [0, 0.1) is 6.92 Å². The van der Waals surface area contributed by atoms with E-state index in [0.29, 0.717) is 5.56 Å². The molecule has 21 heavy (non-hydrogen) atoms. The summed E-state index contributed by atoms with van der Waals surface area (Å²) in [5.41, 5.74) is 5.51. The van der Waals surface area contributed by atoms with E-state index in [9.17, 15) is 4.79 Å². The van der Waals surface area contributed by atoms with Crippen molar-refractivity contribution in [1.82, 2.24) is 5.32 Å². The highest BCUT2D eigenvalue weighted by Crippen LogP contribution is 2.37. The van der Waals surface area contributed by atoms with Crippen molar-refractivity contribution in [2.24, 2.45) is 0 Å². The highest BCUT2D eigenvalue weighted by atomic mass is 16.1. The Morgan fingerprint density at radius 2 is 1.90 bits per heavy atom. The molecule has 2 heteroatoms. The summed E-state index contributed by atoms with van der Waals surface area (Å²) < 4.78 is 0. The fourth-order valence-corrected chi connectivity index (χ4v) is 2.91. The van der Waals surface area contributed by atoms with Crippen LogP contribution in [0.2, 0.25) is 0 Å². The van der Waals surface area contributed by atoms with Gasteiger partial charge in [0.2, 0.25) is 0 Å². The Kier molecular flexibility index (Phi) is 3.44. The van der Waals surface area contributed by atoms with Gasteiger partial charge in [-0.05, 0) is 41.4 Å². The molecule has 1 aliphatic rings. The van der Waals surface area contributed by atoms with E-state index >= 15 is 0 Å². The molecule has 1 atom stereocenters. The zero-order valence-electron chi connectivity index (χ0n) is 12.0. The van der Waals surface area contributed by atoms with Gasteiger partial charge in [-0.3, -0.25) is 4.79 Å². The first-order chi connectivity index (χ1) is 10.2. The van der Waals surface area contributed by atoms with Gasteiger partial charge in [0.25, 0.3) is 5.91 Å². The number of aryl methyl sites for hydroxylation is 1. The predicted molar refractivity (Wildman–Crippen MR) is 86.2 cm³/mol. The summed E-state index contributed by atoms with van der Waals surface area (Å²) in [4.78, 5) is 12.2. The summed E-state index contributed by atoms with van der Waals surface area (Å²) in [6, 6.07) is 14.1. The summed E-state index contributed by atoms with van der Waals surface area (Å²) in [6.45, 7) is 5.67. The maximum absolute atomic E-state index is 12.2. The molecular formula is C19H17NO. The molecule has 0 saturated heterocycles.